The van der Waals surface area contributed by atoms with Gasteiger partial charge in [0.2, 0.25) is 5.89 Å². The first-order chi connectivity index (χ1) is 13.2. The SMILES string of the molecule is O=C(COc1ccc(Br)cc1)Nc1ccc2oc(-c3ccncc3)nc2c1. The fourth-order valence-electron chi connectivity index (χ4n) is 2.50. The number of nitrogens with one attached hydrogen (secondary N) is 1. The topological polar surface area (TPSA) is 77.2 Å². The zero-order chi connectivity index (χ0) is 18.6. The minimum absolute atomic E-state index is 0.0826. The van der Waals surface area contributed by atoms with Crippen LogP contribution < -0.4 is 10.1 Å². The molecule has 0 radical (unpaired) electrons. The third-order valence-corrected chi connectivity index (χ3v) is 4.31. The molecule has 7 heteroatoms. The summed E-state index contributed by atoms with van der Waals surface area (Å²) in [5, 5.41) is 2.80. The van der Waals surface area contributed by atoms with E-state index in [0.29, 0.717) is 28.4 Å². The molecule has 0 atom stereocenters. The number of carbonyl (C=O) groups excluding carboxylic acids is 1. The summed E-state index contributed by atoms with van der Waals surface area (Å²) >= 11 is 3.35. The molecule has 0 aliphatic rings. The van der Waals surface area contributed by atoms with Crippen LogP contribution in [0.25, 0.3) is 22.6 Å². The number of anilines is 1. The Balaban J connectivity index is 1.44. The number of amides is 1. The Kier molecular flexibility index (Phi) is 4.84. The summed E-state index contributed by atoms with van der Waals surface area (Å²) in [4.78, 5) is 20.6. The minimum Gasteiger partial charge on any atom is -0.484 e. The number of halogens is 1. The van der Waals surface area contributed by atoms with Gasteiger partial charge >= 0.3 is 0 Å². The van der Waals surface area contributed by atoms with Gasteiger partial charge in [0, 0.05) is 28.1 Å². The van der Waals surface area contributed by atoms with Crippen LogP contribution >= 0.6 is 15.9 Å². The summed E-state index contributed by atoms with van der Waals surface area (Å²) in [5.74, 6) is 0.881. The van der Waals surface area contributed by atoms with Crippen molar-refractivity contribution < 1.29 is 13.9 Å². The summed E-state index contributed by atoms with van der Waals surface area (Å²) < 4.78 is 12.2. The number of benzene rings is 2. The number of hydrogen-bond acceptors (Lipinski definition) is 5. The Morgan fingerprint density at radius 2 is 1.85 bits per heavy atom. The van der Waals surface area contributed by atoms with Crippen molar-refractivity contribution in [3.63, 3.8) is 0 Å². The maximum absolute atomic E-state index is 12.1. The average Bonchev–Trinajstić information content (AvgIpc) is 3.12. The van der Waals surface area contributed by atoms with Crippen molar-refractivity contribution in [2.24, 2.45) is 0 Å². The lowest BCUT2D eigenvalue weighted by Gasteiger charge is -2.07. The van der Waals surface area contributed by atoms with E-state index < -0.39 is 0 Å². The number of nitrogens with zero attached hydrogens (tertiary/aromatic N) is 2. The van der Waals surface area contributed by atoms with E-state index in [9.17, 15) is 4.79 Å². The highest BCUT2D eigenvalue weighted by molar-refractivity contribution is 9.10. The van der Waals surface area contributed by atoms with Crippen LogP contribution in [0.4, 0.5) is 5.69 Å². The summed E-state index contributed by atoms with van der Waals surface area (Å²) in [5.41, 5.74) is 2.77. The van der Waals surface area contributed by atoms with Gasteiger partial charge in [-0.1, -0.05) is 15.9 Å². The molecule has 2 heterocycles. The highest BCUT2D eigenvalue weighted by Gasteiger charge is 2.10. The number of aromatic nitrogens is 2. The maximum atomic E-state index is 12.1. The van der Waals surface area contributed by atoms with Gasteiger partial charge in [-0.05, 0) is 54.6 Å². The second-order valence-electron chi connectivity index (χ2n) is 5.73. The van der Waals surface area contributed by atoms with Gasteiger partial charge in [-0.3, -0.25) is 9.78 Å². The van der Waals surface area contributed by atoms with Crippen LogP contribution in [0.2, 0.25) is 0 Å². The normalized spacial score (nSPS) is 10.7. The molecule has 4 rings (SSSR count). The van der Waals surface area contributed by atoms with Gasteiger partial charge in [0.1, 0.15) is 11.3 Å². The highest BCUT2D eigenvalue weighted by atomic mass is 79.9. The third kappa shape index (κ3) is 4.15. The molecule has 0 spiro atoms. The van der Waals surface area contributed by atoms with Crippen LogP contribution in [-0.2, 0) is 4.79 Å². The molecule has 1 N–H and O–H groups in total. The van der Waals surface area contributed by atoms with E-state index in [1.54, 1.807) is 42.7 Å². The molecule has 0 aliphatic carbocycles. The van der Waals surface area contributed by atoms with E-state index >= 15 is 0 Å². The fourth-order valence-corrected chi connectivity index (χ4v) is 2.76. The first kappa shape index (κ1) is 17.2. The van der Waals surface area contributed by atoms with Gasteiger partial charge in [-0.15, -0.1) is 0 Å². The summed E-state index contributed by atoms with van der Waals surface area (Å²) in [6.45, 7) is -0.0826. The molecule has 2 aromatic carbocycles. The molecule has 2 aromatic heterocycles. The predicted molar refractivity (Wildman–Crippen MR) is 106 cm³/mol. The monoisotopic (exact) mass is 423 g/mol. The molecule has 4 aromatic rings. The van der Waals surface area contributed by atoms with Gasteiger partial charge in [0.05, 0.1) is 0 Å². The van der Waals surface area contributed by atoms with Crippen molar-refractivity contribution in [3.8, 4) is 17.2 Å². The van der Waals surface area contributed by atoms with Crippen LogP contribution in [-0.4, -0.2) is 22.5 Å². The number of carbonyl (C=O) groups is 1. The Labute approximate surface area is 163 Å². The van der Waals surface area contributed by atoms with Crippen molar-refractivity contribution >= 4 is 38.6 Å². The molecule has 1 amide bonds. The van der Waals surface area contributed by atoms with Gasteiger partial charge < -0.3 is 14.5 Å². The third-order valence-electron chi connectivity index (χ3n) is 3.78. The Morgan fingerprint density at radius 3 is 2.63 bits per heavy atom. The molecule has 0 aliphatic heterocycles. The second kappa shape index (κ2) is 7.59. The van der Waals surface area contributed by atoms with Gasteiger partial charge in [-0.2, -0.15) is 0 Å². The number of ether oxygens (including phenoxy) is 1. The highest BCUT2D eigenvalue weighted by Crippen LogP contribution is 2.25. The van der Waals surface area contributed by atoms with Gasteiger partial charge in [0.25, 0.3) is 5.91 Å². The molecule has 27 heavy (non-hydrogen) atoms. The molecule has 0 fully saturated rings. The van der Waals surface area contributed by atoms with Crippen molar-refractivity contribution in [1.82, 2.24) is 9.97 Å². The summed E-state index contributed by atoms with van der Waals surface area (Å²) in [7, 11) is 0. The Hall–Kier alpha value is -3.19. The van der Waals surface area contributed by atoms with E-state index in [1.165, 1.54) is 0 Å². The van der Waals surface area contributed by atoms with Crippen molar-refractivity contribution in [2.75, 3.05) is 11.9 Å². The Morgan fingerprint density at radius 1 is 1.07 bits per heavy atom. The lowest BCUT2D eigenvalue weighted by atomic mass is 10.2. The van der Waals surface area contributed by atoms with E-state index in [4.69, 9.17) is 9.15 Å². The van der Waals surface area contributed by atoms with Crippen LogP contribution in [0.15, 0.2) is 75.9 Å². The molecular formula is C20H14BrN3O3. The second-order valence-corrected chi connectivity index (χ2v) is 6.64. The van der Waals surface area contributed by atoms with E-state index in [0.717, 1.165) is 10.0 Å². The zero-order valence-electron chi connectivity index (χ0n) is 14.1. The van der Waals surface area contributed by atoms with E-state index in [2.05, 4.69) is 31.2 Å². The minimum atomic E-state index is -0.255. The summed E-state index contributed by atoms with van der Waals surface area (Å²) in [6, 6.07) is 16.2. The molecule has 0 unspecified atom stereocenters. The van der Waals surface area contributed by atoms with Crippen molar-refractivity contribution in [2.45, 2.75) is 0 Å². The number of rotatable bonds is 5. The summed E-state index contributed by atoms with van der Waals surface area (Å²) in [6.07, 6.45) is 3.36. The quantitative estimate of drug-likeness (QED) is 0.504. The molecule has 0 saturated carbocycles. The van der Waals surface area contributed by atoms with Crippen molar-refractivity contribution in [1.29, 1.82) is 0 Å². The van der Waals surface area contributed by atoms with Crippen molar-refractivity contribution in [3.05, 3.63) is 71.5 Å². The van der Waals surface area contributed by atoms with E-state index in [-0.39, 0.29) is 12.5 Å². The number of hydrogen-bond donors (Lipinski definition) is 1. The lowest BCUT2D eigenvalue weighted by molar-refractivity contribution is -0.118. The molecule has 6 nitrogen and oxygen atoms in total. The van der Waals surface area contributed by atoms with Crippen LogP contribution in [0.1, 0.15) is 0 Å². The van der Waals surface area contributed by atoms with Gasteiger partial charge in [-0.25, -0.2) is 4.98 Å². The Bertz CT molecular complexity index is 1080. The van der Waals surface area contributed by atoms with Gasteiger partial charge in [0.15, 0.2) is 12.2 Å². The standard InChI is InChI=1S/C20H14BrN3O3/c21-14-1-4-16(5-2-14)26-12-19(25)23-15-3-6-18-17(11-15)24-20(27-18)13-7-9-22-10-8-13/h1-11H,12H2,(H,23,25). The number of fused-ring (bicyclic) bond motifs is 1. The smallest absolute Gasteiger partial charge is 0.262 e. The van der Waals surface area contributed by atoms with Crippen LogP contribution in [0, 0.1) is 0 Å². The lowest BCUT2D eigenvalue weighted by Crippen LogP contribution is -2.20. The zero-order valence-corrected chi connectivity index (χ0v) is 15.6. The van der Waals surface area contributed by atoms with Crippen LogP contribution in [0.5, 0.6) is 5.75 Å². The first-order valence-corrected chi connectivity index (χ1v) is 8.96. The van der Waals surface area contributed by atoms with Crippen LogP contribution in [0.3, 0.4) is 0 Å². The largest absolute Gasteiger partial charge is 0.484 e. The fraction of sp³-hybridized carbons (Fsp3) is 0.0500. The van der Waals surface area contributed by atoms with E-state index in [1.807, 2.05) is 24.3 Å². The average molecular weight is 424 g/mol. The first-order valence-electron chi connectivity index (χ1n) is 8.16. The number of oxazole rings is 1. The molecule has 0 saturated heterocycles. The number of pyridine rings is 1. The maximum Gasteiger partial charge on any atom is 0.262 e. The molecule has 0 bridgehead atoms. The predicted octanol–water partition coefficient (Wildman–Crippen LogP) is 4.67. The molecule has 134 valence electrons. The molecular weight excluding hydrogens is 410 g/mol.